The van der Waals surface area contributed by atoms with Crippen molar-refractivity contribution in [1.29, 1.82) is 0 Å². The third-order valence-corrected chi connectivity index (χ3v) is 7.96. The molecule has 172 valence electrons. The number of ether oxygens (including phenoxy) is 1. The fraction of sp³-hybridized carbons (Fsp3) is 0.381. The van der Waals surface area contributed by atoms with E-state index in [1.807, 2.05) is 18.2 Å². The number of hydrogen-bond donors (Lipinski definition) is 0. The van der Waals surface area contributed by atoms with Crippen LogP contribution in [0, 0.1) is 0 Å². The molecular weight excluding hydrogens is 469 g/mol. The Labute approximate surface area is 188 Å². The van der Waals surface area contributed by atoms with Gasteiger partial charge in [0.05, 0.1) is 23.6 Å². The molecule has 0 aliphatic carbocycles. The van der Waals surface area contributed by atoms with Gasteiger partial charge in [-0.25, -0.2) is 8.42 Å². The highest BCUT2D eigenvalue weighted by atomic mass is 35.5. The van der Waals surface area contributed by atoms with Gasteiger partial charge < -0.3 is 9.64 Å². The number of sulfonamides is 1. The van der Waals surface area contributed by atoms with Gasteiger partial charge in [0.2, 0.25) is 15.9 Å². The molecule has 0 bridgehead atoms. The quantitative estimate of drug-likeness (QED) is 0.662. The molecule has 1 saturated heterocycles. The first kappa shape index (κ1) is 22.9. The van der Waals surface area contributed by atoms with Crippen LogP contribution >= 0.6 is 11.6 Å². The molecule has 4 rings (SSSR count). The Hall–Kier alpha value is -2.30. The monoisotopic (exact) mass is 488 g/mol. The second-order valence-electron chi connectivity index (χ2n) is 7.65. The highest BCUT2D eigenvalue weighted by molar-refractivity contribution is 7.89. The number of fused-ring (bicyclic) bond motifs is 1. The Morgan fingerprint density at radius 2 is 1.78 bits per heavy atom. The summed E-state index contributed by atoms with van der Waals surface area (Å²) >= 11 is 5.91. The van der Waals surface area contributed by atoms with Gasteiger partial charge in [0.15, 0.2) is 0 Å². The number of hydrogen-bond acceptors (Lipinski definition) is 4. The number of alkyl halides is 3. The van der Waals surface area contributed by atoms with Crippen molar-refractivity contribution in [3.05, 3.63) is 58.1 Å². The van der Waals surface area contributed by atoms with Crippen LogP contribution in [0.3, 0.4) is 0 Å². The van der Waals surface area contributed by atoms with Gasteiger partial charge >= 0.3 is 6.18 Å². The number of carbonyl (C=O) groups is 1. The third-order valence-electron chi connectivity index (χ3n) is 5.58. The second kappa shape index (κ2) is 8.57. The molecule has 0 saturated carbocycles. The summed E-state index contributed by atoms with van der Waals surface area (Å²) in [5.74, 6) is 0.686. The zero-order valence-corrected chi connectivity index (χ0v) is 18.4. The molecule has 0 N–H and O–H groups in total. The average molecular weight is 489 g/mol. The van der Waals surface area contributed by atoms with Crippen LogP contribution in [0.5, 0.6) is 5.75 Å². The van der Waals surface area contributed by atoms with Gasteiger partial charge in [-0.05, 0) is 35.4 Å². The lowest BCUT2D eigenvalue weighted by atomic mass is 10.1. The Kier molecular flexibility index (Phi) is 6.12. The molecule has 2 aromatic rings. The number of rotatable bonds is 4. The summed E-state index contributed by atoms with van der Waals surface area (Å²) < 4.78 is 71.4. The first-order valence-corrected chi connectivity index (χ1v) is 11.8. The lowest BCUT2D eigenvalue weighted by molar-refractivity contribution is -0.137. The third kappa shape index (κ3) is 4.57. The zero-order chi connectivity index (χ0) is 23.1. The molecule has 2 aliphatic heterocycles. The molecule has 2 heterocycles. The Morgan fingerprint density at radius 1 is 1.06 bits per heavy atom. The SMILES string of the molecule is O=C(Cc1ccc2c(c1)CCO2)N1CCN(S(=O)(=O)c2cc(C(F)(F)F)ccc2Cl)CC1. The normalized spacial score (nSPS) is 17.2. The van der Waals surface area contributed by atoms with Gasteiger partial charge in [0.1, 0.15) is 10.6 Å². The number of amides is 1. The van der Waals surface area contributed by atoms with Crippen LogP contribution in [0.15, 0.2) is 41.3 Å². The van der Waals surface area contributed by atoms with Gasteiger partial charge in [0, 0.05) is 32.6 Å². The first-order chi connectivity index (χ1) is 15.1. The van der Waals surface area contributed by atoms with Crippen LogP contribution in [0.1, 0.15) is 16.7 Å². The summed E-state index contributed by atoms with van der Waals surface area (Å²) in [6.45, 7) is 0.849. The van der Waals surface area contributed by atoms with E-state index in [1.165, 1.54) is 0 Å². The van der Waals surface area contributed by atoms with Crippen molar-refractivity contribution >= 4 is 27.5 Å². The fourth-order valence-corrected chi connectivity index (χ4v) is 5.75. The van der Waals surface area contributed by atoms with Crippen LogP contribution in [-0.2, 0) is 33.8 Å². The summed E-state index contributed by atoms with van der Waals surface area (Å²) in [7, 11) is -4.24. The number of halogens is 4. The summed E-state index contributed by atoms with van der Waals surface area (Å²) in [5, 5.41) is -0.280. The van der Waals surface area contributed by atoms with E-state index in [0.29, 0.717) is 12.7 Å². The summed E-state index contributed by atoms with van der Waals surface area (Å²) in [5.41, 5.74) is 0.822. The summed E-state index contributed by atoms with van der Waals surface area (Å²) in [4.78, 5) is 13.7. The smallest absolute Gasteiger partial charge is 0.416 e. The molecule has 1 amide bonds. The van der Waals surface area contributed by atoms with Crippen molar-refractivity contribution in [2.45, 2.75) is 23.9 Å². The molecule has 1 fully saturated rings. The molecule has 2 aromatic carbocycles. The summed E-state index contributed by atoms with van der Waals surface area (Å²) in [6.07, 6.45) is -3.71. The van der Waals surface area contributed by atoms with E-state index in [-0.39, 0.29) is 43.5 Å². The van der Waals surface area contributed by atoms with Gasteiger partial charge in [-0.15, -0.1) is 0 Å². The first-order valence-electron chi connectivity index (χ1n) is 9.95. The van der Waals surface area contributed by atoms with E-state index in [2.05, 4.69) is 0 Å². The van der Waals surface area contributed by atoms with Crippen LogP contribution in [-0.4, -0.2) is 56.3 Å². The molecule has 2 aliphatic rings. The maximum atomic E-state index is 13.0. The lowest BCUT2D eigenvalue weighted by Gasteiger charge is -2.34. The highest BCUT2D eigenvalue weighted by Crippen LogP contribution is 2.34. The molecule has 0 spiro atoms. The Bertz CT molecular complexity index is 1150. The highest BCUT2D eigenvalue weighted by Gasteiger charge is 2.36. The van der Waals surface area contributed by atoms with E-state index in [0.717, 1.165) is 39.7 Å². The van der Waals surface area contributed by atoms with Crippen molar-refractivity contribution in [2.24, 2.45) is 0 Å². The largest absolute Gasteiger partial charge is 0.493 e. The van der Waals surface area contributed by atoms with E-state index >= 15 is 0 Å². The van der Waals surface area contributed by atoms with E-state index in [4.69, 9.17) is 16.3 Å². The molecule has 6 nitrogen and oxygen atoms in total. The van der Waals surface area contributed by atoms with Gasteiger partial charge in [-0.3, -0.25) is 4.79 Å². The minimum atomic E-state index is -4.69. The minimum absolute atomic E-state index is 0.0291. The zero-order valence-electron chi connectivity index (χ0n) is 16.9. The minimum Gasteiger partial charge on any atom is -0.493 e. The summed E-state index contributed by atoms with van der Waals surface area (Å²) in [6, 6.07) is 7.83. The number of nitrogens with zero attached hydrogens (tertiary/aromatic N) is 2. The maximum absolute atomic E-state index is 13.0. The predicted octanol–water partition coefficient (Wildman–Crippen LogP) is 3.37. The predicted molar refractivity (Wildman–Crippen MR) is 111 cm³/mol. The van der Waals surface area contributed by atoms with Crippen molar-refractivity contribution in [2.75, 3.05) is 32.8 Å². The van der Waals surface area contributed by atoms with E-state index < -0.39 is 26.7 Å². The average Bonchev–Trinajstić information content (AvgIpc) is 3.21. The molecule has 0 aromatic heterocycles. The van der Waals surface area contributed by atoms with E-state index in [9.17, 15) is 26.4 Å². The van der Waals surface area contributed by atoms with Gasteiger partial charge in [-0.2, -0.15) is 17.5 Å². The standard InChI is InChI=1S/C21H20ClF3N2O4S/c22-17-3-2-16(21(23,24)25)13-19(17)32(29,30)27-8-6-26(7-9-27)20(28)12-14-1-4-18-15(11-14)5-10-31-18/h1-4,11,13H,5-10,12H2. The van der Waals surface area contributed by atoms with Crippen LogP contribution in [0.25, 0.3) is 0 Å². The number of piperazine rings is 1. The van der Waals surface area contributed by atoms with Crippen molar-refractivity contribution in [1.82, 2.24) is 9.21 Å². The lowest BCUT2D eigenvalue weighted by Crippen LogP contribution is -2.50. The molecule has 11 heteroatoms. The van der Waals surface area contributed by atoms with Gasteiger partial charge in [0.25, 0.3) is 0 Å². The Morgan fingerprint density at radius 3 is 2.47 bits per heavy atom. The Balaban J connectivity index is 1.42. The maximum Gasteiger partial charge on any atom is 0.416 e. The van der Waals surface area contributed by atoms with Crippen LogP contribution in [0.4, 0.5) is 13.2 Å². The number of carbonyl (C=O) groups excluding carboxylic acids is 1. The van der Waals surface area contributed by atoms with Crippen LogP contribution < -0.4 is 4.74 Å². The second-order valence-corrected chi connectivity index (χ2v) is 9.96. The molecular formula is C21H20ClF3N2O4S. The molecule has 0 unspecified atom stereocenters. The molecule has 32 heavy (non-hydrogen) atoms. The fourth-order valence-electron chi connectivity index (χ4n) is 3.83. The van der Waals surface area contributed by atoms with Crippen molar-refractivity contribution < 1.29 is 31.1 Å². The van der Waals surface area contributed by atoms with Crippen LogP contribution in [0.2, 0.25) is 5.02 Å². The van der Waals surface area contributed by atoms with Gasteiger partial charge in [-0.1, -0.05) is 23.7 Å². The topological polar surface area (TPSA) is 66.9 Å². The van der Waals surface area contributed by atoms with Crippen molar-refractivity contribution in [3.8, 4) is 5.75 Å². The van der Waals surface area contributed by atoms with Crippen molar-refractivity contribution in [3.63, 3.8) is 0 Å². The molecule has 0 atom stereocenters. The molecule has 0 radical (unpaired) electrons. The number of benzene rings is 2. The van der Waals surface area contributed by atoms with E-state index in [1.54, 1.807) is 4.90 Å².